The van der Waals surface area contributed by atoms with E-state index in [1.54, 1.807) is 29.6 Å². The van der Waals surface area contributed by atoms with Crippen LogP contribution < -0.4 is 9.80 Å². The van der Waals surface area contributed by atoms with Gasteiger partial charge < -0.3 is 14.7 Å². The SMILES string of the molecule is C[C@@H]1CN(c2ncnc3c2C2(CCC2)CN3c2cc(C#N)ccn2)[C@@H](C)CN1C(=O)c1cc(F)n(C)n1. The zero-order valence-electron chi connectivity index (χ0n) is 21.1. The highest BCUT2D eigenvalue weighted by Crippen LogP contribution is 2.56. The van der Waals surface area contributed by atoms with Gasteiger partial charge in [-0.15, -0.1) is 0 Å². The highest BCUT2D eigenvalue weighted by atomic mass is 19.1. The monoisotopic (exact) mass is 501 g/mol. The number of carbonyl (C=O) groups excluding carboxylic acids is 1. The first kappa shape index (κ1) is 23.3. The molecule has 1 amide bonds. The third-order valence-electron chi connectivity index (χ3n) is 8.08. The lowest BCUT2D eigenvalue weighted by Crippen LogP contribution is -2.59. The number of halogens is 1. The highest BCUT2D eigenvalue weighted by Gasteiger charge is 2.52. The summed E-state index contributed by atoms with van der Waals surface area (Å²) in [5, 5.41) is 13.4. The molecule has 2 aliphatic heterocycles. The van der Waals surface area contributed by atoms with Crippen LogP contribution in [0.4, 0.5) is 21.8 Å². The van der Waals surface area contributed by atoms with Gasteiger partial charge in [0.15, 0.2) is 5.69 Å². The summed E-state index contributed by atoms with van der Waals surface area (Å²) in [5.41, 5.74) is 1.76. The molecule has 1 saturated heterocycles. The first-order valence-electron chi connectivity index (χ1n) is 12.6. The molecule has 2 fully saturated rings. The number of carbonyl (C=O) groups is 1. The Balaban J connectivity index is 1.34. The maximum atomic E-state index is 13.8. The van der Waals surface area contributed by atoms with E-state index in [-0.39, 0.29) is 29.1 Å². The lowest BCUT2D eigenvalue weighted by molar-refractivity contribution is 0.0636. The molecule has 11 heteroatoms. The van der Waals surface area contributed by atoms with Crippen molar-refractivity contribution in [3.63, 3.8) is 0 Å². The number of rotatable bonds is 3. The Morgan fingerprint density at radius 1 is 1.14 bits per heavy atom. The molecule has 0 bridgehead atoms. The molecule has 1 spiro atoms. The number of piperazine rings is 1. The smallest absolute Gasteiger partial charge is 0.274 e. The number of hydrogen-bond acceptors (Lipinski definition) is 8. The molecule has 0 radical (unpaired) electrons. The number of aromatic nitrogens is 5. The van der Waals surface area contributed by atoms with Crippen molar-refractivity contribution < 1.29 is 9.18 Å². The third kappa shape index (κ3) is 3.62. The molecule has 6 rings (SSSR count). The minimum atomic E-state index is -0.538. The first-order chi connectivity index (χ1) is 17.8. The number of fused-ring (bicyclic) bond motifs is 2. The fourth-order valence-corrected chi connectivity index (χ4v) is 5.96. The number of nitriles is 1. The first-order valence-corrected chi connectivity index (χ1v) is 12.6. The van der Waals surface area contributed by atoms with Gasteiger partial charge in [0, 0.05) is 62.0 Å². The maximum absolute atomic E-state index is 13.8. The van der Waals surface area contributed by atoms with Crippen LogP contribution in [0, 0.1) is 17.3 Å². The van der Waals surface area contributed by atoms with Gasteiger partial charge in [0.25, 0.3) is 5.91 Å². The second-order valence-corrected chi connectivity index (χ2v) is 10.4. The average Bonchev–Trinajstić information content (AvgIpc) is 3.42. The summed E-state index contributed by atoms with van der Waals surface area (Å²) in [6.07, 6.45) is 6.49. The van der Waals surface area contributed by atoms with Crippen molar-refractivity contribution in [3.05, 3.63) is 53.5 Å². The van der Waals surface area contributed by atoms with Crippen molar-refractivity contribution in [2.24, 2.45) is 7.05 Å². The Kier molecular flexibility index (Phi) is 5.36. The van der Waals surface area contributed by atoms with E-state index in [1.807, 2.05) is 6.92 Å². The zero-order valence-corrected chi connectivity index (χ0v) is 21.1. The number of amides is 1. The van der Waals surface area contributed by atoms with Crippen LogP contribution in [-0.4, -0.2) is 67.3 Å². The summed E-state index contributed by atoms with van der Waals surface area (Å²) >= 11 is 0. The van der Waals surface area contributed by atoms with Crippen LogP contribution in [0.25, 0.3) is 0 Å². The summed E-state index contributed by atoms with van der Waals surface area (Å²) < 4.78 is 14.9. The molecule has 5 heterocycles. The van der Waals surface area contributed by atoms with Crippen LogP contribution in [0.15, 0.2) is 30.7 Å². The second-order valence-electron chi connectivity index (χ2n) is 10.4. The predicted molar refractivity (Wildman–Crippen MR) is 134 cm³/mol. The number of hydrogen-bond donors (Lipinski definition) is 0. The van der Waals surface area contributed by atoms with Gasteiger partial charge in [0.2, 0.25) is 5.95 Å². The van der Waals surface area contributed by atoms with Gasteiger partial charge in [-0.25, -0.2) is 19.6 Å². The van der Waals surface area contributed by atoms with Crippen LogP contribution in [0.1, 0.15) is 54.7 Å². The van der Waals surface area contributed by atoms with Gasteiger partial charge in [-0.05, 0) is 38.8 Å². The molecule has 0 unspecified atom stereocenters. The van der Waals surface area contributed by atoms with E-state index < -0.39 is 5.95 Å². The summed E-state index contributed by atoms with van der Waals surface area (Å²) in [4.78, 5) is 33.4. The standard InChI is InChI=1S/C26H28FN9O/c1-16-13-35(25(37)19-10-20(27)33(3)32-19)17(2)12-34(16)23-22-24(31-15-30-23)36(14-26(22)6-4-7-26)21-9-18(11-28)5-8-29-21/h5,8-10,15-17H,4,6-7,12-14H2,1-3H3/t16-,17+/m0/s1. The molecule has 2 atom stereocenters. The van der Waals surface area contributed by atoms with E-state index in [4.69, 9.17) is 9.97 Å². The normalized spacial score (nSPS) is 22.1. The summed E-state index contributed by atoms with van der Waals surface area (Å²) in [6.45, 7) is 5.89. The van der Waals surface area contributed by atoms with Crippen molar-refractivity contribution in [2.75, 3.05) is 29.4 Å². The molecule has 3 aromatic heterocycles. The number of pyridine rings is 1. The molecule has 37 heavy (non-hydrogen) atoms. The van der Waals surface area contributed by atoms with Gasteiger partial charge in [-0.3, -0.25) is 4.79 Å². The van der Waals surface area contributed by atoms with Crippen LogP contribution in [-0.2, 0) is 12.5 Å². The van der Waals surface area contributed by atoms with Gasteiger partial charge in [0.1, 0.15) is 23.8 Å². The summed E-state index contributed by atoms with van der Waals surface area (Å²) in [7, 11) is 1.48. The minimum Gasteiger partial charge on any atom is -0.350 e. The summed E-state index contributed by atoms with van der Waals surface area (Å²) in [5.74, 6) is 1.66. The molecule has 0 N–H and O–H groups in total. The van der Waals surface area contributed by atoms with E-state index in [9.17, 15) is 14.4 Å². The fraction of sp³-hybridized carbons (Fsp3) is 0.462. The third-order valence-corrected chi connectivity index (χ3v) is 8.08. The number of aryl methyl sites for hydroxylation is 1. The van der Waals surface area contributed by atoms with Crippen LogP contribution in [0.2, 0.25) is 0 Å². The van der Waals surface area contributed by atoms with E-state index >= 15 is 0 Å². The quantitative estimate of drug-likeness (QED) is 0.539. The predicted octanol–water partition coefficient (Wildman–Crippen LogP) is 2.93. The van der Waals surface area contributed by atoms with Crippen molar-refractivity contribution in [3.8, 4) is 6.07 Å². The Morgan fingerprint density at radius 3 is 2.59 bits per heavy atom. The molecule has 3 aliphatic rings. The van der Waals surface area contributed by atoms with Crippen LogP contribution in [0.3, 0.4) is 0 Å². The molecule has 10 nitrogen and oxygen atoms in total. The Hall–Kier alpha value is -4.07. The lowest BCUT2D eigenvalue weighted by atomic mass is 9.66. The van der Waals surface area contributed by atoms with E-state index in [0.717, 1.165) is 47.7 Å². The molecule has 3 aromatic rings. The van der Waals surface area contributed by atoms with Crippen LogP contribution >= 0.6 is 0 Å². The minimum absolute atomic E-state index is 0.0149. The lowest BCUT2D eigenvalue weighted by Gasteiger charge is -2.46. The summed E-state index contributed by atoms with van der Waals surface area (Å²) in [6, 6.07) is 6.76. The Labute approximate surface area is 214 Å². The topological polar surface area (TPSA) is 107 Å². The highest BCUT2D eigenvalue weighted by molar-refractivity contribution is 5.92. The van der Waals surface area contributed by atoms with Crippen molar-refractivity contribution in [2.45, 2.75) is 50.6 Å². The van der Waals surface area contributed by atoms with Gasteiger partial charge in [-0.1, -0.05) is 6.42 Å². The van der Waals surface area contributed by atoms with Gasteiger partial charge >= 0.3 is 0 Å². The van der Waals surface area contributed by atoms with E-state index in [2.05, 4.69) is 32.9 Å². The van der Waals surface area contributed by atoms with Gasteiger partial charge in [-0.2, -0.15) is 14.8 Å². The average molecular weight is 502 g/mol. The molecule has 1 saturated carbocycles. The van der Waals surface area contributed by atoms with Crippen LogP contribution in [0.5, 0.6) is 0 Å². The van der Waals surface area contributed by atoms with E-state index in [0.29, 0.717) is 24.5 Å². The Bertz CT molecular complexity index is 1410. The van der Waals surface area contributed by atoms with Crippen molar-refractivity contribution >= 4 is 23.4 Å². The van der Waals surface area contributed by atoms with Crippen molar-refractivity contribution in [1.29, 1.82) is 5.26 Å². The Morgan fingerprint density at radius 2 is 1.92 bits per heavy atom. The maximum Gasteiger partial charge on any atom is 0.274 e. The zero-order chi connectivity index (χ0) is 25.9. The van der Waals surface area contributed by atoms with E-state index in [1.165, 1.54) is 13.1 Å². The van der Waals surface area contributed by atoms with Gasteiger partial charge in [0.05, 0.1) is 11.6 Å². The molecule has 0 aromatic carbocycles. The largest absolute Gasteiger partial charge is 0.350 e. The molecule has 1 aliphatic carbocycles. The second kappa shape index (κ2) is 8.50. The molecular weight excluding hydrogens is 473 g/mol. The fourth-order valence-electron chi connectivity index (χ4n) is 5.96. The molecule has 190 valence electrons. The van der Waals surface area contributed by atoms with Crippen molar-refractivity contribution in [1.82, 2.24) is 29.6 Å². The number of nitrogens with zero attached hydrogens (tertiary/aromatic N) is 9. The molecular formula is C26H28FN9O. The number of anilines is 3.